The molecule has 1 aromatic carbocycles. The number of amides is 2. The van der Waals surface area contributed by atoms with Gasteiger partial charge >= 0.3 is 11.8 Å². The highest BCUT2D eigenvalue weighted by Crippen LogP contribution is 2.56. The van der Waals surface area contributed by atoms with Crippen LogP contribution in [0.15, 0.2) is 24.3 Å². The maximum Gasteiger partial charge on any atom is 0.316 e. The van der Waals surface area contributed by atoms with E-state index < -0.39 is 11.8 Å². The maximum atomic E-state index is 12.5. The molecule has 0 radical (unpaired) electrons. The molecule has 1 aromatic rings. The van der Waals surface area contributed by atoms with E-state index in [0.29, 0.717) is 13.1 Å². The van der Waals surface area contributed by atoms with Crippen LogP contribution in [0.25, 0.3) is 0 Å². The van der Waals surface area contributed by atoms with Gasteiger partial charge < -0.3 is 15.3 Å². The smallest absolute Gasteiger partial charge is 0.316 e. The topological polar surface area (TPSA) is 69.6 Å². The lowest BCUT2D eigenvalue weighted by Gasteiger charge is -2.21. The molecule has 1 fully saturated rings. The number of rotatable bonds is 5. The first-order chi connectivity index (χ1) is 11.4. The van der Waals surface area contributed by atoms with Gasteiger partial charge in [-0.1, -0.05) is 32.0 Å². The van der Waals surface area contributed by atoms with Gasteiger partial charge in [-0.25, -0.2) is 0 Å². The molecular weight excluding hydrogens is 304 g/mol. The van der Waals surface area contributed by atoms with Crippen molar-refractivity contribution in [3.63, 3.8) is 0 Å². The molecule has 0 atom stereocenters. The molecule has 5 heteroatoms. The third kappa shape index (κ3) is 3.18. The van der Waals surface area contributed by atoms with Gasteiger partial charge in [0.05, 0.1) is 0 Å². The number of nitrogens with zero attached hydrogens (tertiary/aromatic N) is 1. The molecule has 3 rings (SSSR count). The molecule has 2 N–H and O–H groups in total. The number of fused-ring (bicyclic) bond motifs is 2. The highest BCUT2D eigenvalue weighted by Gasteiger charge is 2.53. The van der Waals surface area contributed by atoms with Crippen molar-refractivity contribution in [1.82, 2.24) is 5.32 Å². The van der Waals surface area contributed by atoms with E-state index in [9.17, 15) is 14.7 Å². The minimum absolute atomic E-state index is 0.0949. The van der Waals surface area contributed by atoms with Crippen LogP contribution in [0.1, 0.15) is 45.1 Å². The summed E-state index contributed by atoms with van der Waals surface area (Å²) < 4.78 is 0. The average Bonchev–Trinajstić information content (AvgIpc) is 3.28. The van der Waals surface area contributed by atoms with Gasteiger partial charge in [0, 0.05) is 30.8 Å². The summed E-state index contributed by atoms with van der Waals surface area (Å²) in [6.07, 6.45) is 3.72. The number of hydrogen-bond acceptors (Lipinski definition) is 3. The fourth-order valence-corrected chi connectivity index (χ4v) is 3.44. The fraction of sp³-hybridized carbons (Fsp3) is 0.579. The van der Waals surface area contributed by atoms with Gasteiger partial charge in [-0.15, -0.1) is 0 Å². The minimum Gasteiger partial charge on any atom is -0.396 e. The van der Waals surface area contributed by atoms with Crippen LogP contribution >= 0.6 is 0 Å². The van der Waals surface area contributed by atoms with Crippen LogP contribution in [0.4, 0.5) is 5.69 Å². The Balaban J connectivity index is 1.56. The largest absolute Gasteiger partial charge is 0.396 e. The van der Waals surface area contributed by atoms with E-state index in [0.717, 1.165) is 31.4 Å². The van der Waals surface area contributed by atoms with Gasteiger partial charge in [0.1, 0.15) is 0 Å². The van der Waals surface area contributed by atoms with E-state index in [2.05, 4.69) is 11.4 Å². The Morgan fingerprint density at radius 3 is 2.67 bits per heavy atom. The second-order valence-electron chi connectivity index (χ2n) is 7.87. The van der Waals surface area contributed by atoms with Crippen molar-refractivity contribution in [2.75, 3.05) is 24.6 Å². The summed E-state index contributed by atoms with van der Waals surface area (Å²) in [7, 11) is 0. The van der Waals surface area contributed by atoms with Crippen LogP contribution in [-0.4, -0.2) is 36.6 Å². The zero-order valence-electron chi connectivity index (χ0n) is 14.5. The first-order valence-electron chi connectivity index (χ1n) is 8.69. The Kier molecular flexibility index (Phi) is 4.38. The van der Waals surface area contributed by atoms with E-state index >= 15 is 0 Å². The van der Waals surface area contributed by atoms with Crippen molar-refractivity contribution in [3.8, 4) is 0 Å². The third-order valence-corrected chi connectivity index (χ3v) is 5.26. The molecule has 5 nitrogen and oxygen atoms in total. The first-order valence-corrected chi connectivity index (χ1v) is 8.69. The molecule has 0 bridgehead atoms. The average molecular weight is 330 g/mol. The third-order valence-electron chi connectivity index (χ3n) is 5.26. The van der Waals surface area contributed by atoms with Crippen molar-refractivity contribution in [1.29, 1.82) is 0 Å². The van der Waals surface area contributed by atoms with E-state index in [1.807, 2.05) is 32.0 Å². The normalized spacial score (nSPS) is 17.7. The maximum absolute atomic E-state index is 12.5. The van der Waals surface area contributed by atoms with Crippen LogP contribution in [0.5, 0.6) is 0 Å². The monoisotopic (exact) mass is 330 g/mol. The number of aliphatic hydroxyl groups excluding tert-OH is 1. The van der Waals surface area contributed by atoms with Crippen molar-refractivity contribution in [2.45, 2.75) is 44.9 Å². The molecule has 130 valence electrons. The van der Waals surface area contributed by atoms with E-state index in [1.165, 1.54) is 5.56 Å². The standard InChI is InChI=1S/C19H26N2O3/c1-18(2,13-22)8-5-11-20-16(23)17(24)21-12-19(9-10-19)14-6-3-4-7-15(14)21/h3-4,6-7,22H,5,8-13H2,1-2H3,(H,20,23). The second-order valence-corrected chi connectivity index (χ2v) is 7.87. The molecule has 2 amide bonds. The van der Waals surface area contributed by atoms with Gasteiger partial charge in [0.15, 0.2) is 0 Å². The predicted octanol–water partition coefficient (Wildman–Crippen LogP) is 1.98. The Labute approximate surface area is 143 Å². The first kappa shape index (κ1) is 17.0. The summed E-state index contributed by atoms with van der Waals surface area (Å²) in [4.78, 5) is 26.4. The molecule has 1 heterocycles. The Morgan fingerprint density at radius 2 is 2.00 bits per heavy atom. The lowest BCUT2D eigenvalue weighted by molar-refractivity contribution is -0.137. The van der Waals surface area contributed by atoms with Gasteiger partial charge in [0.25, 0.3) is 0 Å². The zero-order valence-corrected chi connectivity index (χ0v) is 14.5. The van der Waals surface area contributed by atoms with E-state index in [4.69, 9.17) is 0 Å². The highest BCUT2D eigenvalue weighted by atomic mass is 16.3. The van der Waals surface area contributed by atoms with E-state index in [1.54, 1.807) is 4.90 Å². The van der Waals surface area contributed by atoms with Crippen LogP contribution in [0.3, 0.4) is 0 Å². The molecule has 1 aliphatic carbocycles. The number of anilines is 1. The van der Waals surface area contributed by atoms with Gasteiger partial charge in [-0.3, -0.25) is 9.59 Å². The number of benzene rings is 1. The number of hydrogen-bond donors (Lipinski definition) is 2. The van der Waals surface area contributed by atoms with Gasteiger partial charge in [-0.05, 0) is 42.7 Å². The molecule has 1 spiro atoms. The van der Waals surface area contributed by atoms with Crippen LogP contribution in [-0.2, 0) is 15.0 Å². The van der Waals surface area contributed by atoms with Crippen LogP contribution in [0.2, 0.25) is 0 Å². The summed E-state index contributed by atoms with van der Waals surface area (Å²) in [6.45, 7) is 5.16. The SMILES string of the molecule is CC(C)(CO)CCCNC(=O)C(=O)N1CC2(CC2)c2ccccc21. The zero-order chi connectivity index (χ0) is 17.4. The summed E-state index contributed by atoms with van der Waals surface area (Å²) in [5.41, 5.74) is 2.03. The molecule has 0 aromatic heterocycles. The molecule has 0 saturated heterocycles. The quantitative estimate of drug-likeness (QED) is 0.641. The van der Waals surface area contributed by atoms with Gasteiger partial charge in [0.2, 0.25) is 0 Å². The minimum atomic E-state index is -0.538. The fourth-order valence-electron chi connectivity index (χ4n) is 3.44. The highest BCUT2D eigenvalue weighted by molar-refractivity contribution is 6.40. The number of carbonyl (C=O) groups excluding carboxylic acids is 2. The summed E-state index contributed by atoms with van der Waals surface area (Å²) in [5.74, 6) is -1.00. The van der Waals surface area contributed by atoms with Crippen molar-refractivity contribution in [3.05, 3.63) is 29.8 Å². The Hall–Kier alpha value is -1.88. The molecule has 1 aliphatic heterocycles. The van der Waals surface area contributed by atoms with Crippen LogP contribution < -0.4 is 10.2 Å². The number of para-hydroxylation sites is 1. The number of nitrogens with one attached hydrogen (secondary N) is 1. The van der Waals surface area contributed by atoms with Crippen molar-refractivity contribution < 1.29 is 14.7 Å². The molecular formula is C19H26N2O3. The van der Waals surface area contributed by atoms with Crippen LogP contribution in [0, 0.1) is 5.41 Å². The molecule has 0 unspecified atom stereocenters. The Morgan fingerprint density at radius 1 is 1.29 bits per heavy atom. The lowest BCUT2D eigenvalue weighted by atomic mass is 9.89. The summed E-state index contributed by atoms with van der Waals surface area (Å²) >= 11 is 0. The lowest BCUT2D eigenvalue weighted by Crippen LogP contribution is -2.43. The summed E-state index contributed by atoms with van der Waals surface area (Å²) in [5, 5.41) is 12.0. The van der Waals surface area contributed by atoms with Crippen molar-refractivity contribution in [2.24, 2.45) is 5.41 Å². The molecule has 1 saturated carbocycles. The summed E-state index contributed by atoms with van der Waals surface area (Å²) in [6, 6.07) is 7.91. The number of carbonyl (C=O) groups is 2. The molecule has 2 aliphatic rings. The van der Waals surface area contributed by atoms with E-state index in [-0.39, 0.29) is 17.4 Å². The number of aliphatic hydroxyl groups is 1. The Bertz CT molecular complexity index is 650. The predicted molar refractivity (Wildman–Crippen MR) is 92.8 cm³/mol. The molecule has 24 heavy (non-hydrogen) atoms. The van der Waals surface area contributed by atoms with Crippen molar-refractivity contribution >= 4 is 17.5 Å². The second kappa shape index (κ2) is 6.20. The van der Waals surface area contributed by atoms with Gasteiger partial charge in [-0.2, -0.15) is 0 Å².